The number of anilines is 1. The molecular weight excluding hydrogens is 340 g/mol. The normalized spacial score (nSPS) is 10.6. The van der Waals surface area contributed by atoms with E-state index in [-0.39, 0.29) is 24.5 Å². The largest absolute Gasteiger partial charge is 0.309 e. The first-order valence-electron chi connectivity index (χ1n) is 8.98. The minimum Gasteiger partial charge on any atom is -0.309 e. The van der Waals surface area contributed by atoms with Gasteiger partial charge in [0.05, 0.1) is 6.54 Å². The van der Waals surface area contributed by atoms with E-state index < -0.39 is 0 Å². The van der Waals surface area contributed by atoms with E-state index in [9.17, 15) is 9.59 Å². The Morgan fingerprint density at radius 1 is 1.04 bits per heavy atom. The fourth-order valence-corrected chi connectivity index (χ4v) is 2.70. The van der Waals surface area contributed by atoms with Crippen molar-refractivity contribution in [2.45, 2.75) is 32.7 Å². The van der Waals surface area contributed by atoms with Crippen LogP contribution >= 0.6 is 0 Å². The highest BCUT2D eigenvalue weighted by Gasteiger charge is 2.11. The van der Waals surface area contributed by atoms with Crippen LogP contribution in [0, 0.1) is 0 Å². The van der Waals surface area contributed by atoms with Gasteiger partial charge in [0.15, 0.2) is 11.6 Å². The Bertz CT molecular complexity index is 901. The number of hydrogen-bond acceptors (Lipinski definition) is 4. The van der Waals surface area contributed by atoms with E-state index in [1.165, 1.54) is 5.56 Å². The van der Waals surface area contributed by atoms with Crippen molar-refractivity contribution >= 4 is 17.5 Å². The van der Waals surface area contributed by atoms with Crippen LogP contribution < -0.4 is 5.32 Å². The Hall–Kier alpha value is -3.28. The first kappa shape index (κ1) is 18.5. The number of Topliss-reactive ketones (excluding diaryl/α,β-unsaturated/α-hetero) is 1. The van der Waals surface area contributed by atoms with Gasteiger partial charge >= 0.3 is 0 Å². The molecule has 3 aromatic rings. The first-order valence-corrected chi connectivity index (χ1v) is 8.98. The molecule has 0 aliphatic carbocycles. The van der Waals surface area contributed by atoms with Crippen LogP contribution in [-0.4, -0.2) is 26.5 Å². The van der Waals surface area contributed by atoms with E-state index >= 15 is 0 Å². The van der Waals surface area contributed by atoms with Crippen LogP contribution in [0.25, 0.3) is 0 Å². The van der Waals surface area contributed by atoms with Crippen molar-refractivity contribution in [1.82, 2.24) is 14.8 Å². The van der Waals surface area contributed by atoms with Gasteiger partial charge in [-0.2, -0.15) is 5.10 Å². The predicted octanol–water partition coefficient (Wildman–Crippen LogP) is 3.49. The van der Waals surface area contributed by atoms with E-state index in [0.717, 1.165) is 12.0 Å². The fraction of sp³-hybridized carbons (Fsp3) is 0.238. The molecule has 3 rings (SSSR count). The molecule has 6 nitrogen and oxygen atoms in total. The highest BCUT2D eigenvalue weighted by atomic mass is 16.2. The lowest BCUT2D eigenvalue weighted by molar-refractivity contribution is -0.116. The minimum absolute atomic E-state index is 0.0325. The summed E-state index contributed by atoms with van der Waals surface area (Å²) in [5.74, 6) is 0.221. The molecule has 0 atom stereocenters. The van der Waals surface area contributed by atoms with Gasteiger partial charge in [-0.25, -0.2) is 0 Å². The van der Waals surface area contributed by atoms with Crippen molar-refractivity contribution in [2.24, 2.45) is 0 Å². The summed E-state index contributed by atoms with van der Waals surface area (Å²) in [4.78, 5) is 28.4. The first-order chi connectivity index (χ1) is 13.1. The molecule has 0 unspecified atom stereocenters. The molecule has 1 N–H and O–H groups in total. The number of pyridine rings is 1. The smallest absolute Gasteiger partial charge is 0.226 e. The molecule has 2 aromatic heterocycles. The molecule has 27 heavy (non-hydrogen) atoms. The number of carbonyl (C=O) groups is 2. The lowest BCUT2D eigenvalue weighted by Crippen LogP contribution is -2.14. The van der Waals surface area contributed by atoms with Crippen molar-refractivity contribution in [3.8, 4) is 0 Å². The summed E-state index contributed by atoms with van der Waals surface area (Å²) >= 11 is 0. The van der Waals surface area contributed by atoms with E-state index in [1.807, 2.05) is 36.4 Å². The predicted molar refractivity (Wildman–Crippen MR) is 104 cm³/mol. The topological polar surface area (TPSA) is 76.9 Å². The van der Waals surface area contributed by atoms with Crippen molar-refractivity contribution in [2.75, 3.05) is 5.32 Å². The van der Waals surface area contributed by atoms with Crippen LogP contribution in [0.15, 0.2) is 61.1 Å². The van der Waals surface area contributed by atoms with Crippen LogP contribution in [0.5, 0.6) is 0 Å². The van der Waals surface area contributed by atoms with Gasteiger partial charge in [-0.15, -0.1) is 0 Å². The third kappa shape index (κ3) is 5.34. The molecule has 2 heterocycles. The fourth-order valence-electron chi connectivity index (χ4n) is 2.70. The zero-order chi connectivity index (χ0) is 19.1. The Morgan fingerprint density at radius 3 is 2.56 bits per heavy atom. The summed E-state index contributed by atoms with van der Waals surface area (Å²) in [6.45, 7) is 2.65. The summed E-state index contributed by atoms with van der Waals surface area (Å²) in [7, 11) is 0. The van der Waals surface area contributed by atoms with Gasteiger partial charge < -0.3 is 5.32 Å². The van der Waals surface area contributed by atoms with Crippen LogP contribution in [0.2, 0.25) is 0 Å². The van der Waals surface area contributed by atoms with E-state index in [2.05, 4.69) is 22.3 Å². The number of hydrogen-bond donors (Lipinski definition) is 1. The standard InChI is InChI=1S/C21H22N4O2/c1-2-16-5-7-18(8-6-16)19(26)9-10-21(27)23-20-11-13-25(24-20)15-17-4-3-12-22-14-17/h3-8,11-14H,2,9-10,15H2,1H3,(H,23,24,27). The summed E-state index contributed by atoms with van der Waals surface area (Å²) in [6, 6.07) is 13.1. The number of nitrogens with zero attached hydrogens (tertiary/aromatic N) is 3. The molecule has 6 heteroatoms. The summed E-state index contributed by atoms with van der Waals surface area (Å²) in [5.41, 5.74) is 2.85. The quantitative estimate of drug-likeness (QED) is 0.622. The highest BCUT2D eigenvalue weighted by molar-refractivity contribution is 5.99. The van der Waals surface area contributed by atoms with Crippen molar-refractivity contribution < 1.29 is 9.59 Å². The second-order valence-corrected chi connectivity index (χ2v) is 6.28. The Morgan fingerprint density at radius 2 is 1.85 bits per heavy atom. The monoisotopic (exact) mass is 362 g/mol. The lowest BCUT2D eigenvalue weighted by Gasteiger charge is -2.04. The second kappa shape index (κ2) is 8.89. The van der Waals surface area contributed by atoms with Crippen LogP contribution in [0.3, 0.4) is 0 Å². The average molecular weight is 362 g/mol. The molecular formula is C21H22N4O2. The van der Waals surface area contributed by atoms with Gasteiger partial charge in [-0.05, 0) is 23.6 Å². The summed E-state index contributed by atoms with van der Waals surface area (Å²) in [5, 5.41) is 7.06. The maximum Gasteiger partial charge on any atom is 0.226 e. The maximum absolute atomic E-state index is 12.2. The zero-order valence-corrected chi connectivity index (χ0v) is 15.3. The Kier molecular flexibility index (Phi) is 6.10. The Balaban J connectivity index is 1.48. The molecule has 0 radical (unpaired) electrons. The van der Waals surface area contributed by atoms with Crippen molar-refractivity contribution in [3.05, 3.63) is 77.7 Å². The molecule has 0 aliphatic heterocycles. The van der Waals surface area contributed by atoms with E-state index in [1.54, 1.807) is 29.3 Å². The van der Waals surface area contributed by atoms with Gasteiger partial charge in [0.25, 0.3) is 0 Å². The maximum atomic E-state index is 12.2. The molecule has 0 spiro atoms. The molecule has 138 valence electrons. The minimum atomic E-state index is -0.222. The summed E-state index contributed by atoms with van der Waals surface area (Å²) in [6.07, 6.45) is 6.53. The van der Waals surface area contributed by atoms with Crippen molar-refractivity contribution in [1.29, 1.82) is 0 Å². The number of benzene rings is 1. The second-order valence-electron chi connectivity index (χ2n) is 6.28. The lowest BCUT2D eigenvalue weighted by atomic mass is 10.0. The average Bonchev–Trinajstić information content (AvgIpc) is 3.13. The highest BCUT2D eigenvalue weighted by Crippen LogP contribution is 2.10. The van der Waals surface area contributed by atoms with Gasteiger partial charge in [0.2, 0.25) is 5.91 Å². The third-order valence-corrected chi connectivity index (χ3v) is 4.24. The number of amides is 1. The molecule has 1 amide bonds. The molecule has 0 aliphatic rings. The van der Waals surface area contributed by atoms with Gasteiger partial charge in [-0.3, -0.25) is 19.3 Å². The molecule has 0 bridgehead atoms. The van der Waals surface area contributed by atoms with Crippen LogP contribution in [0.4, 0.5) is 5.82 Å². The Labute approximate surface area is 158 Å². The van der Waals surface area contributed by atoms with Crippen LogP contribution in [-0.2, 0) is 17.8 Å². The van der Waals surface area contributed by atoms with Gasteiger partial charge in [0.1, 0.15) is 0 Å². The van der Waals surface area contributed by atoms with Gasteiger partial charge in [-0.1, -0.05) is 37.3 Å². The number of aromatic nitrogens is 3. The number of ketones is 1. The molecule has 0 saturated carbocycles. The van der Waals surface area contributed by atoms with E-state index in [4.69, 9.17) is 0 Å². The van der Waals surface area contributed by atoms with E-state index in [0.29, 0.717) is 17.9 Å². The van der Waals surface area contributed by atoms with Crippen LogP contribution in [0.1, 0.15) is 41.3 Å². The number of aryl methyl sites for hydroxylation is 1. The third-order valence-electron chi connectivity index (χ3n) is 4.24. The zero-order valence-electron chi connectivity index (χ0n) is 15.3. The number of carbonyl (C=O) groups excluding carboxylic acids is 2. The molecule has 0 saturated heterocycles. The molecule has 0 fully saturated rings. The molecule has 1 aromatic carbocycles. The van der Waals surface area contributed by atoms with Gasteiger partial charge in [0, 0.05) is 43.1 Å². The summed E-state index contributed by atoms with van der Waals surface area (Å²) < 4.78 is 1.73. The van der Waals surface area contributed by atoms with Crippen molar-refractivity contribution in [3.63, 3.8) is 0 Å². The number of nitrogens with one attached hydrogen (secondary N) is 1. The number of rotatable bonds is 8. The SMILES string of the molecule is CCc1ccc(C(=O)CCC(=O)Nc2ccn(Cc3cccnc3)n2)cc1.